The molecule has 1 amide bonds. The van der Waals surface area contributed by atoms with Crippen LogP contribution >= 0.6 is 35.5 Å². The second-order valence-corrected chi connectivity index (χ2v) is 9.03. The predicted molar refractivity (Wildman–Crippen MR) is 134 cm³/mol. The Kier molecular flexibility index (Phi) is 9.16. The van der Waals surface area contributed by atoms with Crippen LogP contribution in [0.15, 0.2) is 41.3 Å². The first-order chi connectivity index (χ1) is 14.0. The number of hydrogen-bond acceptors (Lipinski definition) is 5. The van der Waals surface area contributed by atoms with Crippen molar-refractivity contribution in [2.24, 2.45) is 0 Å². The number of aromatic nitrogens is 1. The van der Waals surface area contributed by atoms with Crippen LogP contribution in [-0.2, 0) is 0 Å². The maximum absolute atomic E-state index is 13.4. The smallest absolute Gasteiger partial charge is 0.260 e. The zero-order valence-corrected chi connectivity index (χ0v) is 20.7. The SMILES string of the molecule is CCN(CC)CCN(C(=O)c1ccc(SC)cc1)c1nc2c(C)cc(C)cc2s1.Cl. The van der Waals surface area contributed by atoms with Crippen LogP contribution in [0.1, 0.15) is 35.3 Å². The van der Waals surface area contributed by atoms with Crippen LogP contribution in [0, 0.1) is 13.8 Å². The van der Waals surface area contributed by atoms with Gasteiger partial charge < -0.3 is 4.90 Å². The van der Waals surface area contributed by atoms with Crippen molar-refractivity contribution in [2.75, 3.05) is 37.3 Å². The summed E-state index contributed by atoms with van der Waals surface area (Å²) < 4.78 is 1.14. The molecule has 0 atom stereocenters. The van der Waals surface area contributed by atoms with E-state index in [9.17, 15) is 4.79 Å². The van der Waals surface area contributed by atoms with E-state index in [1.807, 2.05) is 35.4 Å². The molecule has 4 nitrogen and oxygen atoms in total. The maximum Gasteiger partial charge on any atom is 0.260 e. The van der Waals surface area contributed by atoms with Gasteiger partial charge in [0.2, 0.25) is 0 Å². The molecule has 0 unspecified atom stereocenters. The third-order valence-corrected chi connectivity index (χ3v) is 6.93. The summed E-state index contributed by atoms with van der Waals surface area (Å²) in [6.07, 6.45) is 2.04. The van der Waals surface area contributed by atoms with Crippen molar-refractivity contribution in [1.82, 2.24) is 9.88 Å². The first-order valence-electron chi connectivity index (χ1n) is 10.0. The summed E-state index contributed by atoms with van der Waals surface area (Å²) in [5, 5.41) is 0.778. The van der Waals surface area contributed by atoms with E-state index in [1.54, 1.807) is 23.1 Å². The van der Waals surface area contributed by atoms with E-state index in [1.165, 1.54) is 5.56 Å². The molecule has 1 heterocycles. The third-order valence-electron chi connectivity index (χ3n) is 5.17. The largest absolute Gasteiger partial charge is 0.302 e. The number of fused-ring (bicyclic) bond motifs is 1. The molecule has 0 bridgehead atoms. The molecule has 0 saturated heterocycles. The Hall–Kier alpha value is -1.60. The Morgan fingerprint density at radius 3 is 2.33 bits per heavy atom. The highest BCUT2D eigenvalue weighted by Gasteiger charge is 2.22. The number of carbonyl (C=O) groups is 1. The molecular weight excluding hydrogens is 434 g/mol. The van der Waals surface area contributed by atoms with Crippen LogP contribution in [0.3, 0.4) is 0 Å². The Morgan fingerprint density at radius 1 is 1.07 bits per heavy atom. The Morgan fingerprint density at radius 2 is 1.73 bits per heavy atom. The molecule has 0 N–H and O–H groups in total. The molecule has 0 spiro atoms. The van der Waals surface area contributed by atoms with Gasteiger partial charge in [-0.15, -0.1) is 24.2 Å². The fourth-order valence-corrected chi connectivity index (χ4v) is 5.00. The number of benzene rings is 2. The maximum atomic E-state index is 13.4. The minimum Gasteiger partial charge on any atom is -0.302 e. The fourth-order valence-electron chi connectivity index (χ4n) is 3.43. The molecule has 0 saturated carbocycles. The lowest BCUT2D eigenvalue weighted by Crippen LogP contribution is -2.38. The van der Waals surface area contributed by atoms with E-state index in [-0.39, 0.29) is 18.3 Å². The number of aryl methyl sites for hydroxylation is 2. The number of anilines is 1. The minimum atomic E-state index is 0. The zero-order valence-electron chi connectivity index (χ0n) is 18.3. The molecule has 3 aromatic rings. The number of likely N-dealkylation sites (N-methyl/N-ethyl adjacent to an activating group) is 1. The zero-order chi connectivity index (χ0) is 21.0. The summed E-state index contributed by atoms with van der Waals surface area (Å²) in [5.74, 6) is 0.0123. The van der Waals surface area contributed by atoms with Crippen molar-refractivity contribution in [1.29, 1.82) is 0 Å². The number of thioether (sulfide) groups is 1. The van der Waals surface area contributed by atoms with Gasteiger partial charge in [-0.3, -0.25) is 9.69 Å². The van der Waals surface area contributed by atoms with E-state index in [0.29, 0.717) is 12.1 Å². The molecule has 1 aromatic heterocycles. The van der Waals surface area contributed by atoms with Crippen molar-refractivity contribution < 1.29 is 4.79 Å². The lowest BCUT2D eigenvalue weighted by molar-refractivity contribution is 0.0983. The van der Waals surface area contributed by atoms with Crippen LogP contribution < -0.4 is 4.90 Å². The molecule has 0 aliphatic rings. The number of amides is 1. The second-order valence-electron chi connectivity index (χ2n) is 7.14. The highest BCUT2D eigenvalue weighted by atomic mass is 35.5. The van der Waals surface area contributed by atoms with Gasteiger partial charge in [0.05, 0.1) is 10.2 Å². The Bertz CT molecular complexity index is 984. The number of rotatable bonds is 8. The molecule has 0 radical (unpaired) electrons. The van der Waals surface area contributed by atoms with Crippen molar-refractivity contribution in [2.45, 2.75) is 32.6 Å². The summed E-state index contributed by atoms with van der Waals surface area (Å²) in [6, 6.07) is 12.2. The van der Waals surface area contributed by atoms with Crippen LogP contribution in [0.5, 0.6) is 0 Å². The number of thiazole rings is 1. The molecule has 2 aromatic carbocycles. The summed E-state index contributed by atoms with van der Waals surface area (Å²) >= 11 is 3.28. The van der Waals surface area contributed by atoms with Gasteiger partial charge in [0, 0.05) is 23.5 Å². The van der Waals surface area contributed by atoms with Crippen LogP contribution in [0.25, 0.3) is 10.2 Å². The number of carbonyl (C=O) groups excluding carboxylic acids is 1. The van der Waals surface area contributed by atoms with Crippen molar-refractivity contribution in [3.05, 3.63) is 53.1 Å². The monoisotopic (exact) mass is 463 g/mol. The molecule has 3 rings (SSSR count). The van der Waals surface area contributed by atoms with Crippen molar-refractivity contribution >= 4 is 56.8 Å². The highest BCUT2D eigenvalue weighted by Crippen LogP contribution is 2.32. The number of halogens is 1. The third kappa shape index (κ3) is 5.55. The Balaban J connectivity index is 0.00000320. The standard InChI is InChI=1S/C23H29N3OS2.ClH/c1-6-25(7-2)12-13-26(22(27)18-8-10-19(28-5)11-9-18)23-24-21-17(4)14-16(3)15-20(21)29-23;/h8-11,14-15H,6-7,12-13H2,1-5H3;1H. The topological polar surface area (TPSA) is 36.4 Å². The van der Waals surface area contributed by atoms with Crippen LogP contribution in [-0.4, -0.2) is 48.2 Å². The van der Waals surface area contributed by atoms with Gasteiger partial charge in [0.25, 0.3) is 5.91 Å². The van der Waals surface area contributed by atoms with Gasteiger partial charge in [-0.1, -0.05) is 31.3 Å². The van der Waals surface area contributed by atoms with Gasteiger partial charge in [0.1, 0.15) is 0 Å². The Labute approximate surface area is 194 Å². The van der Waals surface area contributed by atoms with Gasteiger partial charge in [-0.25, -0.2) is 4.98 Å². The molecule has 0 aliphatic carbocycles. The summed E-state index contributed by atoms with van der Waals surface area (Å²) in [6.45, 7) is 11.9. The van der Waals surface area contributed by atoms with Gasteiger partial charge in [-0.05, 0) is 74.7 Å². The highest BCUT2D eigenvalue weighted by molar-refractivity contribution is 7.98. The lowest BCUT2D eigenvalue weighted by Gasteiger charge is -2.24. The first kappa shape index (κ1) is 24.7. The van der Waals surface area contributed by atoms with Gasteiger partial charge in [-0.2, -0.15) is 0 Å². The predicted octanol–water partition coefficient (Wildman–Crippen LogP) is 6.05. The quantitative estimate of drug-likeness (QED) is 0.381. The molecule has 7 heteroatoms. The minimum absolute atomic E-state index is 0. The molecule has 30 heavy (non-hydrogen) atoms. The van der Waals surface area contributed by atoms with E-state index < -0.39 is 0 Å². The second kappa shape index (κ2) is 11.1. The van der Waals surface area contributed by atoms with Gasteiger partial charge >= 0.3 is 0 Å². The molecular formula is C23H30ClN3OS2. The number of nitrogens with zero attached hydrogens (tertiary/aromatic N) is 3. The summed E-state index contributed by atoms with van der Waals surface area (Å²) in [7, 11) is 0. The van der Waals surface area contributed by atoms with Crippen molar-refractivity contribution in [3.63, 3.8) is 0 Å². The molecule has 162 valence electrons. The molecule has 0 fully saturated rings. The van der Waals surface area contributed by atoms with E-state index in [2.05, 4.69) is 44.7 Å². The fraction of sp³-hybridized carbons (Fsp3) is 0.391. The van der Waals surface area contributed by atoms with E-state index >= 15 is 0 Å². The average Bonchev–Trinajstić information content (AvgIpc) is 3.15. The number of hydrogen-bond donors (Lipinski definition) is 0. The van der Waals surface area contributed by atoms with Crippen LogP contribution in [0.2, 0.25) is 0 Å². The lowest BCUT2D eigenvalue weighted by atomic mass is 10.1. The van der Waals surface area contributed by atoms with Crippen molar-refractivity contribution in [3.8, 4) is 0 Å². The van der Waals surface area contributed by atoms with E-state index in [4.69, 9.17) is 4.98 Å². The molecule has 0 aliphatic heterocycles. The normalized spacial score (nSPS) is 11.0. The first-order valence-corrected chi connectivity index (χ1v) is 12.1. The van der Waals surface area contributed by atoms with Gasteiger partial charge in [0.15, 0.2) is 5.13 Å². The summed E-state index contributed by atoms with van der Waals surface area (Å²) in [4.78, 5) is 23.6. The summed E-state index contributed by atoms with van der Waals surface area (Å²) in [5.41, 5.74) is 4.07. The van der Waals surface area contributed by atoms with E-state index in [0.717, 1.165) is 45.4 Å². The van der Waals surface area contributed by atoms with Crippen LogP contribution in [0.4, 0.5) is 5.13 Å². The average molecular weight is 464 g/mol.